The fourth-order valence-corrected chi connectivity index (χ4v) is 3.37. The Labute approximate surface area is 178 Å². The molecule has 0 aliphatic carbocycles. The Morgan fingerprint density at radius 1 is 0.933 bits per heavy atom. The average molecular weight is 411 g/mol. The Morgan fingerprint density at radius 3 is 2.30 bits per heavy atom. The standard InChI is InChI=1S/C24H30N2O4/c1-3-26(4-2)24(28)20-10-6-19(7-11-20)17-25-23(27)13-9-18-8-12-21-22(16-18)30-15-5-14-29-21/h6-8,10-12,16H,3-5,9,13-15,17H2,1-2H3,(H,25,27). The molecule has 0 bridgehead atoms. The lowest BCUT2D eigenvalue weighted by atomic mass is 10.1. The van der Waals surface area contributed by atoms with Crippen LogP contribution in [-0.4, -0.2) is 43.0 Å². The summed E-state index contributed by atoms with van der Waals surface area (Å²) in [6.45, 7) is 7.08. The first-order valence-electron chi connectivity index (χ1n) is 10.6. The molecule has 0 atom stereocenters. The van der Waals surface area contributed by atoms with Crippen LogP contribution in [0, 0.1) is 0 Å². The lowest BCUT2D eigenvalue weighted by Crippen LogP contribution is -2.30. The maximum Gasteiger partial charge on any atom is 0.253 e. The highest BCUT2D eigenvalue weighted by Gasteiger charge is 2.13. The first-order valence-corrected chi connectivity index (χ1v) is 10.6. The largest absolute Gasteiger partial charge is 0.490 e. The van der Waals surface area contributed by atoms with Gasteiger partial charge in [0.05, 0.1) is 13.2 Å². The maximum absolute atomic E-state index is 12.4. The third-order valence-corrected chi connectivity index (χ3v) is 5.19. The number of nitrogens with zero attached hydrogens (tertiary/aromatic N) is 1. The van der Waals surface area contributed by atoms with Gasteiger partial charge in [0.25, 0.3) is 5.91 Å². The zero-order valence-corrected chi connectivity index (χ0v) is 17.8. The molecule has 160 valence electrons. The van der Waals surface area contributed by atoms with E-state index in [9.17, 15) is 9.59 Å². The molecule has 30 heavy (non-hydrogen) atoms. The molecule has 0 unspecified atom stereocenters. The summed E-state index contributed by atoms with van der Waals surface area (Å²) in [5.74, 6) is 1.55. The number of hydrogen-bond acceptors (Lipinski definition) is 4. The van der Waals surface area contributed by atoms with Crippen molar-refractivity contribution in [3.05, 3.63) is 59.2 Å². The number of nitrogens with one attached hydrogen (secondary N) is 1. The first kappa shape index (κ1) is 21.7. The molecule has 1 aliphatic heterocycles. The Bertz CT molecular complexity index is 860. The van der Waals surface area contributed by atoms with Gasteiger partial charge in [-0.2, -0.15) is 0 Å². The molecule has 0 spiro atoms. The van der Waals surface area contributed by atoms with Crippen molar-refractivity contribution in [2.75, 3.05) is 26.3 Å². The van der Waals surface area contributed by atoms with Crippen molar-refractivity contribution in [2.24, 2.45) is 0 Å². The van der Waals surface area contributed by atoms with Gasteiger partial charge in [0.15, 0.2) is 11.5 Å². The van der Waals surface area contributed by atoms with Crippen LogP contribution >= 0.6 is 0 Å². The van der Waals surface area contributed by atoms with Gasteiger partial charge in [-0.05, 0) is 55.7 Å². The van der Waals surface area contributed by atoms with Crippen LogP contribution in [0.4, 0.5) is 0 Å². The predicted molar refractivity (Wildman–Crippen MR) is 116 cm³/mol. The second kappa shape index (κ2) is 10.7. The molecule has 2 aromatic carbocycles. The molecule has 1 N–H and O–H groups in total. The SMILES string of the molecule is CCN(CC)C(=O)c1ccc(CNC(=O)CCc2ccc3c(c2)OCCCO3)cc1. The molecule has 2 amide bonds. The molecular weight excluding hydrogens is 380 g/mol. The number of ether oxygens (including phenoxy) is 2. The molecular formula is C24H30N2O4. The Balaban J connectivity index is 1.47. The number of amides is 2. The highest BCUT2D eigenvalue weighted by molar-refractivity contribution is 5.94. The summed E-state index contributed by atoms with van der Waals surface area (Å²) in [7, 11) is 0. The summed E-state index contributed by atoms with van der Waals surface area (Å²) in [6.07, 6.45) is 1.91. The number of carbonyl (C=O) groups is 2. The summed E-state index contributed by atoms with van der Waals surface area (Å²) in [5.41, 5.74) is 2.69. The number of aryl methyl sites for hydroxylation is 1. The third kappa shape index (κ3) is 5.75. The molecule has 0 saturated heterocycles. The van der Waals surface area contributed by atoms with Crippen LogP contribution in [0.15, 0.2) is 42.5 Å². The summed E-state index contributed by atoms with van der Waals surface area (Å²) >= 11 is 0. The summed E-state index contributed by atoms with van der Waals surface area (Å²) in [4.78, 5) is 26.4. The van der Waals surface area contributed by atoms with Crippen LogP contribution in [-0.2, 0) is 17.8 Å². The Morgan fingerprint density at radius 2 is 1.60 bits per heavy atom. The first-order chi connectivity index (χ1) is 14.6. The molecule has 6 nitrogen and oxygen atoms in total. The van der Waals surface area contributed by atoms with Gasteiger partial charge in [0.2, 0.25) is 5.91 Å². The highest BCUT2D eigenvalue weighted by atomic mass is 16.5. The Kier molecular flexibility index (Phi) is 7.71. The van der Waals surface area contributed by atoms with Gasteiger partial charge in [0, 0.05) is 38.0 Å². The van der Waals surface area contributed by atoms with Crippen molar-refractivity contribution >= 4 is 11.8 Å². The summed E-state index contributed by atoms with van der Waals surface area (Å²) < 4.78 is 11.3. The smallest absolute Gasteiger partial charge is 0.253 e. The quantitative estimate of drug-likeness (QED) is 0.722. The van der Waals surface area contributed by atoms with Crippen molar-refractivity contribution < 1.29 is 19.1 Å². The van der Waals surface area contributed by atoms with E-state index in [0.29, 0.717) is 51.3 Å². The second-order valence-corrected chi connectivity index (χ2v) is 7.28. The van der Waals surface area contributed by atoms with E-state index in [2.05, 4.69) is 5.32 Å². The highest BCUT2D eigenvalue weighted by Crippen LogP contribution is 2.30. The molecule has 1 heterocycles. The summed E-state index contributed by atoms with van der Waals surface area (Å²) in [6, 6.07) is 13.3. The normalized spacial score (nSPS) is 12.7. The summed E-state index contributed by atoms with van der Waals surface area (Å²) in [5, 5.41) is 2.95. The van der Waals surface area contributed by atoms with E-state index >= 15 is 0 Å². The monoisotopic (exact) mass is 410 g/mol. The van der Waals surface area contributed by atoms with Crippen LogP contribution in [0.5, 0.6) is 11.5 Å². The zero-order chi connectivity index (χ0) is 21.3. The number of carbonyl (C=O) groups excluding carboxylic acids is 2. The van der Waals surface area contributed by atoms with Gasteiger partial charge in [-0.3, -0.25) is 9.59 Å². The van der Waals surface area contributed by atoms with Gasteiger partial charge in [-0.1, -0.05) is 18.2 Å². The van der Waals surface area contributed by atoms with Gasteiger partial charge < -0.3 is 19.7 Å². The van der Waals surface area contributed by atoms with Gasteiger partial charge in [-0.15, -0.1) is 0 Å². The van der Waals surface area contributed by atoms with E-state index in [-0.39, 0.29) is 11.8 Å². The van der Waals surface area contributed by atoms with Crippen LogP contribution in [0.1, 0.15) is 48.2 Å². The minimum Gasteiger partial charge on any atom is -0.490 e. The fourth-order valence-electron chi connectivity index (χ4n) is 3.37. The van der Waals surface area contributed by atoms with E-state index in [0.717, 1.165) is 29.0 Å². The van der Waals surface area contributed by atoms with E-state index < -0.39 is 0 Å². The van der Waals surface area contributed by atoms with Crippen molar-refractivity contribution in [2.45, 2.75) is 39.7 Å². The minimum atomic E-state index is -0.00888. The zero-order valence-electron chi connectivity index (χ0n) is 17.8. The van der Waals surface area contributed by atoms with Gasteiger partial charge in [0.1, 0.15) is 0 Å². The van der Waals surface area contributed by atoms with Crippen molar-refractivity contribution in [1.82, 2.24) is 10.2 Å². The lowest BCUT2D eigenvalue weighted by molar-refractivity contribution is -0.121. The van der Waals surface area contributed by atoms with Crippen LogP contribution in [0.25, 0.3) is 0 Å². The number of rotatable bonds is 8. The molecule has 2 aromatic rings. The number of hydrogen-bond donors (Lipinski definition) is 1. The van der Waals surface area contributed by atoms with Crippen LogP contribution in [0.2, 0.25) is 0 Å². The van der Waals surface area contributed by atoms with E-state index in [1.54, 1.807) is 4.90 Å². The second-order valence-electron chi connectivity index (χ2n) is 7.28. The maximum atomic E-state index is 12.4. The van der Waals surface area contributed by atoms with Crippen molar-refractivity contribution in [1.29, 1.82) is 0 Å². The van der Waals surface area contributed by atoms with Crippen molar-refractivity contribution in [3.8, 4) is 11.5 Å². The Hall–Kier alpha value is -3.02. The third-order valence-electron chi connectivity index (χ3n) is 5.19. The topological polar surface area (TPSA) is 67.9 Å². The molecule has 3 rings (SSSR count). The van der Waals surface area contributed by atoms with Crippen LogP contribution in [0.3, 0.4) is 0 Å². The average Bonchev–Trinajstić information content (AvgIpc) is 3.02. The van der Waals surface area contributed by atoms with Gasteiger partial charge >= 0.3 is 0 Å². The van der Waals surface area contributed by atoms with E-state index in [1.165, 1.54) is 0 Å². The fraction of sp³-hybridized carbons (Fsp3) is 0.417. The predicted octanol–water partition coefficient (Wildman–Crippen LogP) is 3.58. The number of benzene rings is 2. The van der Waals surface area contributed by atoms with Gasteiger partial charge in [-0.25, -0.2) is 0 Å². The molecule has 0 radical (unpaired) electrons. The molecule has 0 fully saturated rings. The molecule has 1 aliphatic rings. The molecule has 0 aromatic heterocycles. The lowest BCUT2D eigenvalue weighted by Gasteiger charge is -2.18. The minimum absolute atomic E-state index is 0.00888. The van der Waals surface area contributed by atoms with E-state index in [4.69, 9.17) is 9.47 Å². The van der Waals surface area contributed by atoms with Crippen molar-refractivity contribution in [3.63, 3.8) is 0 Å². The molecule has 0 saturated carbocycles. The van der Waals surface area contributed by atoms with Crippen LogP contribution < -0.4 is 14.8 Å². The number of fused-ring (bicyclic) bond motifs is 1. The van der Waals surface area contributed by atoms with E-state index in [1.807, 2.05) is 56.3 Å². The molecule has 6 heteroatoms.